The van der Waals surface area contributed by atoms with Gasteiger partial charge in [-0.05, 0) is 36.5 Å². The molecule has 0 spiro atoms. The summed E-state index contributed by atoms with van der Waals surface area (Å²) in [6.07, 6.45) is 1.52. The number of carbonyl (C=O) groups excluding carboxylic acids is 1. The number of rotatable bonds is 7. The molecule has 3 rings (SSSR count). The van der Waals surface area contributed by atoms with Crippen LogP contribution in [0.25, 0.3) is 0 Å². The maximum absolute atomic E-state index is 11.8. The van der Waals surface area contributed by atoms with Crippen LogP contribution in [0.5, 0.6) is 0 Å². The van der Waals surface area contributed by atoms with E-state index in [1.807, 2.05) is 17.5 Å². The highest BCUT2D eigenvalue weighted by molar-refractivity contribution is 7.10. The SMILES string of the molecule is O=C(Cc1cccs1)NCCCN1CCN(c2ccccc2)CC1. The highest BCUT2D eigenvalue weighted by Gasteiger charge is 2.16. The van der Waals surface area contributed by atoms with Crippen molar-refractivity contribution in [2.45, 2.75) is 12.8 Å². The third-order valence-electron chi connectivity index (χ3n) is 4.38. The van der Waals surface area contributed by atoms with Gasteiger partial charge in [0.2, 0.25) is 5.91 Å². The van der Waals surface area contributed by atoms with Crippen molar-refractivity contribution in [2.24, 2.45) is 0 Å². The van der Waals surface area contributed by atoms with Crippen LogP contribution in [0.1, 0.15) is 11.3 Å². The third kappa shape index (κ3) is 5.08. The van der Waals surface area contributed by atoms with E-state index in [1.165, 1.54) is 5.69 Å². The van der Waals surface area contributed by atoms with E-state index in [1.54, 1.807) is 11.3 Å². The van der Waals surface area contributed by atoms with Crippen LogP contribution in [0.2, 0.25) is 0 Å². The largest absolute Gasteiger partial charge is 0.369 e. The number of nitrogens with zero attached hydrogens (tertiary/aromatic N) is 2. The molecule has 2 heterocycles. The highest BCUT2D eigenvalue weighted by Crippen LogP contribution is 2.15. The summed E-state index contributed by atoms with van der Waals surface area (Å²) in [5, 5.41) is 5.04. The minimum Gasteiger partial charge on any atom is -0.369 e. The van der Waals surface area contributed by atoms with Gasteiger partial charge in [-0.15, -0.1) is 11.3 Å². The summed E-state index contributed by atoms with van der Waals surface area (Å²) in [7, 11) is 0. The van der Waals surface area contributed by atoms with Gasteiger partial charge in [-0.2, -0.15) is 0 Å². The minimum atomic E-state index is 0.131. The van der Waals surface area contributed by atoms with Gasteiger partial charge in [0.1, 0.15) is 0 Å². The standard InChI is InChI=1S/C19H25N3OS/c23-19(16-18-8-4-15-24-18)20-9-5-10-21-11-13-22(14-12-21)17-6-2-1-3-7-17/h1-4,6-8,15H,5,9-14,16H2,(H,20,23). The van der Waals surface area contributed by atoms with E-state index < -0.39 is 0 Å². The molecule has 0 unspecified atom stereocenters. The summed E-state index contributed by atoms with van der Waals surface area (Å²) in [5.41, 5.74) is 1.32. The molecule has 1 aromatic carbocycles. The Morgan fingerprint density at radius 2 is 1.83 bits per heavy atom. The quantitative estimate of drug-likeness (QED) is 0.785. The Bertz CT molecular complexity index is 607. The van der Waals surface area contributed by atoms with Crippen LogP contribution in [0.3, 0.4) is 0 Å². The topological polar surface area (TPSA) is 35.6 Å². The number of anilines is 1. The molecule has 1 fully saturated rings. The van der Waals surface area contributed by atoms with Gasteiger partial charge in [0.25, 0.3) is 0 Å². The van der Waals surface area contributed by atoms with Gasteiger partial charge in [-0.3, -0.25) is 9.69 Å². The van der Waals surface area contributed by atoms with Crippen LogP contribution in [0.4, 0.5) is 5.69 Å². The molecule has 0 aliphatic carbocycles. The lowest BCUT2D eigenvalue weighted by molar-refractivity contribution is -0.120. The van der Waals surface area contributed by atoms with Gasteiger partial charge < -0.3 is 10.2 Å². The molecular weight excluding hydrogens is 318 g/mol. The predicted molar refractivity (Wildman–Crippen MR) is 101 cm³/mol. The van der Waals surface area contributed by atoms with E-state index in [9.17, 15) is 4.79 Å². The maximum Gasteiger partial charge on any atom is 0.225 e. The molecule has 24 heavy (non-hydrogen) atoms. The van der Waals surface area contributed by atoms with Crippen molar-refractivity contribution in [3.05, 3.63) is 52.7 Å². The van der Waals surface area contributed by atoms with Crippen LogP contribution < -0.4 is 10.2 Å². The fourth-order valence-corrected chi connectivity index (χ4v) is 3.74. The summed E-state index contributed by atoms with van der Waals surface area (Å²) in [6.45, 7) is 6.17. The van der Waals surface area contributed by atoms with Gasteiger partial charge in [-0.25, -0.2) is 0 Å². The van der Waals surface area contributed by atoms with Crippen LogP contribution in [-0.2, 0) is 11.2 Å². The number of thiophene rings is 1. The normalized spacial score (nSPS) is 15.4. The molecule has 1 aliphatic rings. The molecule has 1 saturated heterocycles. The minimum absolute atomic E-state index is 0.131. The molecule has 0 saturated carbocycles. The van der Waals surface area contributed by atoms with Crippen molar-refractivity contribution in [1.29, 1.82) is 0 Å². The molecule has 1 N–H and O–H groups in total. The third-order valence-corrected chi connectivity index (χ3v) is 5.26. The molecule has 1 aromatic heterocycles. The van der Waals surface area contributed by atoms with Gasteiger partial charge >= 0.3 is 0 Å². The Kier molecular flexibility index (Phi) is 6.26. The van der Waals surface area contributed by atoms with E-state index in [4.69, 9.17) is 0 Å². The van der Waals surface area contributed by atoms with E-state index in [0.29, 0.717) is 6.42 Å². The molecule has 2 aromatic rings. The first-order valence-corrected chi connectivity index (χ1v) is 9.51. The monoisotopic (exact) mass is 343 g/mol. The summed E-state index contributed by atoms with van der Waals surface area (Å²) in [5.74, 6) is 0.131. The number of hydrogen-bond acceptors (Lipinski definition) is 4. The fourth-order valence-electron chi connectivity index (χ4n) is 3.03. The second-order valence-corrected chi connectivity index (χ2v) is 7.16. The first-order chi connectivity index (χ1) is 11.8. The second kappa shape index (κ2) is 8.85. The smallest absolute Gasteiger partial charge is 0.225 e. The molecule has 4 nitrogen and oxygen atoms in total. The average molecular weight is 343 g/mol. The zero-order chi connectivity index (χ0) is 16.6. The number of carbonyl (C=O) groups is 1. The molecule has 1 aliphatic heterocycles. The summed E-state index contributed by atoms with van der Waals surface area (Å²) >= 11 is 1.64. The number of para-hydroxylation sites is 1. The first-order valence-electron chi connectivity index (χ1n) is 8.63. The lowest BCUT2D eigenvalue weighted by Gasteiger charge is -2.36. The van der Waals surface area contributed by atoms with Crippen LogP contribution in [0, 0.1) is 0 Å². The molecule has 0 bridgehead atoms. The van der Waals surface area contributed by atoms with Crippen molar-refractivity contribution >= 4 is 22.9 Å². The van der Waals surface area contributed by atoms with Gasteiger partial charge in [0.15, 0.2) is 0 Å². The molecule has 128 valence electrons. The highest BCUT2D eigenvalue weighted by atomic mass is 32.1. The summed E-state index contributed by atoms with van der Waals surface area (Å²) < 4.78 is 0. The summed E-state index contributed by atoms with van der Waals surface area (Å²) in [6, 6.07) is 14.6. The van der Waals surface area contributed by atoms with E-state index in [0.717, 1.165) is 50.6 Å². The number of hydrogen-bond donors (Lipinski definition) is 1. The summed E-state index contributed by atoms with van der Waals surface area (Å²) in [4.78, 5) is 17.9. The number of nitrogens with one attached hydrogen (secondary N) is 1. The van der Waals surface area contributed by atoms with Gasteiger partial charge in [-0.1, -0.05) is 24.3 Å². The number of piperazine rings is 1. The zero-order valence-corrected chi connectivity index (χ0v) is 14.8. The van der Waals surface area contributed by atoms with Crippen molar-refractivity contribution in [3.63, 3.8) is 0 Å². The Morgan fingerprint density at radius 3 is 2.54 bits per heavy atom. The Labute approximate surface area is 148 Å². The number of amides is 1. The molecule has 5 heteroatoms. The molecule has 0 radical (unpaired) electrons. The van der Waals surface area contributed by atoms with E-state index in [-0.39, 0.29) is 5.91 Å². The van der Waals surface area contributed by atoms with Crippen molar-refractivity contribution in [1.82, 2.24) is 10.2 Å². The van der Waals surface area contributed by atoms with Crippen LogP contribution in [0.15, 0.2) is 47.8 Å². The molecule has 1 amide bonds. The lowest BCUT2D eigenvalue weighted by Crippen LogP contribution is -2.47. The molecular formula is C19H25N3OS. The molecule has 0 atom stereocenters. The van der Waals surface area contributed by atoms with Gasteiger partial charge in [0, 0.05) is 43.3 Å². The second-order valence-electron chi connectivity index (χ2n) is 6.12. The fraction of sp³-hybridized carbons (Fsp3) is 0.421. The van der Waals surface area contributed by atoms with Gasteiger partial charge in [0.05, 0.1) is 6.42 Å². The van der Waals surface area contributed by atoms with Crippen molar-refractivity contribution in [3.8, 4) is 0 Å². The van der Waals surface area contributed by atoms with Crippen LogP contribution >= 0.6 is 11.3 Å². The number of benzene rings is 1. The van der Waals surface area contributed by atoms with E-state index in [2.05, 4.69) is 45.4 Å². The zero-order valence-electron chi connectivity index (χ0n) is 14.0. The van der Waals surface area contributed by atoms with Crippen molar-refractivity contribution < 1.29 is 4.79 Å². The Morgan fingerprint density at radius 1 is 1.04 bits per heavy atom. The Balaban J connectivity index is 1.29. The first kappa shape index (κ1) is 17.0. The van der Waals surface area contributed by atoms with Crippen molar-refractivity contribution in [2.75, 3.05) is 44.2 Å². The van der Waals surface area contributed by atoms with E-state index >= 15 is 0 Å². The predicted octanol–water partition coefficient (Wildman–Crippen LogP) is 2.62. The Hall–Kier alpha value is -1.85. The lowest BCUT2D eigenvalue weighted by atomic mass is 10.2. The maximum atomic E-state index is 11.8. The average Bonchev–Trinajstić information content (AvgIpc) is 3.13. The van der Waals surface area contributed by atoms with Crippen LogP contribution in [-0.4, -0.2) is 50.1 Å².